The Morgan fingerprint density at radius 3 is 2.62 bits per heavy atom. The molecule has 0 atom stereocenters. The van der Waals surface area contributed by atoms with Gasteiger partial charge in [0, 0.05) is 12.8 Å². The lowest BCUT2D eigenvalue weighted by atomic mass is 10.0. The van der Waals surface area contributed by atoms with Crippen LogP contribution in [0, 0.1) is 18.8 Å². The van der Waals surface area contributed by atoms with Crippen molar-refractivity contribution in [2.24, 2.45) is 0 Å². The molecule has 0 aliphatic carbocycles. The van der Waals surface area contributed by atoms with E-state index in [0.717, 1.165) is 31.4 Å². The highest BCUT2D eigenvalue weighted by Crippen LogP contribution is 2.22. The molecule has 0 saturated carbocycles. The Morgan fingerprint density at radius 1 is 1.19 bits per heavy atom. The molecule has 1 nitrogen and oxygen atoms in total. The lowest BCUT2D eigenvalue weighted by Gasteiger charge is -2.09. The first kappa shape index (κ1) is 12.6. The van der Waals surface area contributed by atoms with E-state index in [0.29, 0.717) is 0 Å². The molecule has 0 spiro atoms. The number of ether oxygens (including phenoxy) is 1. The highest BCUT2D eigenvalue weighted by Gasteiger charge is 2.04. The number of methoxy groups -OCH3 is 1. The van der Waals surface area contributed by atoms with Crippen LogP contribution in [0.25, 0.3) is 0 Å². The molecule has 0 aromatic heterocycles. The van der Waals surface area contributed by atoms with E-state index in [9.17, 15) is 0 Å². The van der Waals surface area contributed by atoms with Crippen LogP contribution in [-0.4, -0.2) is 7.11 Å². The van der Waals surface area contributed by atoms with Crippen molar-refractivity contribution in [3.63, 3.8) is 0 Å². The predicted octanol–water partition coefficient (Wildman–Crippen LogP) is 3.74. The van der Waals surface area contributed by atoms with E-state index in [1.54, 1.807) is 7.11 Å². The minimum atomic E-state index is 0.918. The molecule has 86 valence electrons. The molecule has 1 heteroatoms. The largest absolute Gasteiger partial charge is 0.496 e. The van der Waals surface area contributed by atoms with Crippen LogP contribution in [0.2, 0.25) is 0 Å². The molecular formula is C15H20O. The summed E-state index contributed by atoms with van der Waals surface area (Å²) in [6.07, 6.45) is 4.04. The summed E-state index contributed by atoms with van der Waals surface area (Å²) in [5.74, 6) is 7.36. The quantitative estimate of drug-likeness (QED) is 0.697. The van der Waals surface area contributed by atoms with E-state index in [1.807, 2.05) is 12.1 Å². The molecule has 1 rings (SSSR count). The Hall–Kier alpha value is -1.42. The molecule has 0 radical (unpaired) electrons. The number of aryl methyl sites for hydroxylation is 1. The molecule has 0 saturated heterocycles. The van der Waals surface area contributed by atoms with Gasteiger partial charge in [0.25, 0.3) is 0 Å². The summed E-state index contributed by atoms with van der Waals surface area (Å²) in [7, 11) is 1.72. The van der Waals surface area contributed by atoms with Crippen LogP contribution in [0.15, 0.2) is 18.2 Å². The summed E-state index contributed by atoms with van der Waals surface area (Å²) in [4.78, 5) is 0. The van der Waals surface area contributed by atoms with E-state index >= 15 is 0 Å². The third-order valence-electron chi connectivity index (χ3n) is 2.59. The maximum atomic E-state index is 5.36. The Balaban J connectivity index is 2.63. The van der Waals surface area contributed by atoms with E-state index in [4.69, 9.17) is 4.74 Å². The van der Waals surface area contributed by atoms with Gasteiger partial charge in [0.1, 0.15) is 5.75 Å². The second kappa shape index (κ2) is 6.95. The summed E-state index contributed by atoms with van der Waals surface area (Å²) < 4.78 is 5.36. The van der Waals surface area contributed by atoms with Crippen LogP contribution in [-0.2, 0) is 6.42 Å². The van der Waals surface area contributed by atoms with Gasteiger partial charge in [-0.2, -0.15) is 0 Å². The normalized spacial score (nSPS) is 9.44. The predicted molar refractivity (Wildman–Crippen MR) is 68.7 cm³/mol. The summed E-state index contributed by atoms with van der Waals surface area (Å²) in [5.41, 5.74) is 2.58. The fourth-order valence-corrected chi connectivity index (χ4v) is 1.68. The van der Waals surface area contributed by atoms with Crippen LogP contribution in [0.1, 0.15) is 37.3 Å². The fraction of sp³-hybridized carbons (Fsp3) is 0.467. The molecule has 0 amide bonds. The van der Waals surface area contributed by atoms with Crippen LogP contribution in [0.3, 0.4) is 0 Å². The highest BCUT2D eigenvalue weighted by molar-refractivity contribution is 5.40. The topological polar surface area (TPSA) is 9.23 Å². The van der Waals surface area contributed by atoms with Crippen LogP contribution >= 0.6 is 0 Å². The van der Waals surface area contributed by atoms with Gasteiger partial charge in [0.05, 0.1) is 7.11 Å². The van der Waals surface area contributed by atoms with Gasteiger partial charge in [-0.15, -0.1) is 11.8 Å². The molecule has 0 heterocycles. The van der Waals surface area contributed by atoms with Crippen molar-refractivity contribution in [3.8, 4) is 17.6 Å². The monoisotopic (exact) mass is 216 g/mol. The number of rotatable bonds is 4. The van der Waals surface area contributed by atoms with E-state index in [-0.39, 0.29) is 0 Å². The fourth-order valence-electron chi connectivity index (χ4n) is 1.68. The van der Waals surface area contributed by atoms with Gasteiger partial charge in [-0.25, -0.2) is 0 Å². The Bertz CT molecular complexity index is 382. The van der Waals surface area contributed by atoms with Gasteiger partial charge in [0.2, 0.25) is 0 Å². The Kier molecular flexibility index (Phi) is 5.50. The van der Waals surface area contributed by atoms with Crippen molar-refractivity contribution in [3.05, 3.63) is 29.3 Å². The molecule has 0 bridgehead atoms. The van der Waals surface area contributed by atoms with Gasteiger partial charge in [-0.05, 0) is 37.0 Å². The second-order valence-electron chi connectivity index (χ2n) is 3.86. The maximum absolute atomic E-state index is 5.36. The zero-order chi connectivity index (χ0) is 11.8. The average molecular weight is 216 g/mol. The smallest absolute Gasteiger partial charge is 0.122 e. The zero-order valence-electron chi connectivity index (χ0n) is 10.5. The van der Waals surface area contributed by atoms with Gasteiger partial charge >= 0.3 is 0 Å². The molecule has 1 aromatic carbocycles. The molecule has 1 aromatic rings. The van der Waals surface area contributed by atoms with E-state index < -0.39 is 0 Å². The molecular weight excluding hydrogens is 196 g/mol. The van der Waals surface area contributed by atoms with Crippen LogP contribution in [0.5, 0.6) is 5.75 Å². The zero-order valence-corrected chi connectivity index (χ0v) is 10.5. The van der Waals surface area contributed by atoms with Crippen molar-refractivity contribution in [2.75, 3.05) is 7.11 Å². The van der Waals surface area contributed by atoms with Crippen LogP contribution < -0.4 is 4.74 Å². The summed E-state index contributed by atoms with van der Waals surface area (Å²) >= 11 is 0. The van der Waals surface area contributed by atoms with Crippen molar-refractivity contribution in [1.82, 2.24) is 0 Å². The second-order valence-corrected chi connectivity index (χ2v) is 3.86. The molecule has 16 heavy (non-hydrogen) atoms. The number of hydrogen-bond acceptors (Lipinski definition) is 1. The number of unbranched alkanes of at least 4 members (excludes halogenated alkanes) is 1. The Labute approximate surface area is 98.8 Å². The Morgan fingerprint density at radius 2 is 1.94 bits per heavy atom. The lowest BCUT2D eigenvalue weighted by molar-refractivity contribution is 0.409. The maximum Gasteiger partial charge on any atom is 0.122 e. The summed E-state index contributed by atoms with van der Waals surface area (Å²) in [6, 6.07) is 6.17. The van der Waals surface area contributed by atoms with Gasteiger partial charge < -0.3 is 4.74 Å². The minimum absolute atomic E-state index is 0.918. The van der Waals surface area contributed by atoms with Crippen molar-refractivity contribution in [2.45, 2.75) is 39.5 Å². The van der Waals surface area contributed by atoms with Gasteiger partial charge in [-0.3, -0.25) is 0 Å². The molecule has 0 unspecified atom stereocenters. The average Bonchev–Trinajstić information content (AvgIpc) is 2.30. The minimum Gasteiger partial charge on any atom is -0.496 e. The lowest BCUT2D eigenvalue weighted by Crippen LogP contribution is -1.94. The number of benzene rings is 1. The first-order chi connectivity index (χ1) is 7.79. The molecule has 0 aliphatic heterocycles. The SMILES string of the molecule is CCCC#CCCc1c(C)cccc1OC. The van der Waals surface area contributed by atoms with E-state index in [2.05, 4.69) is 31.8 Å². The molecule has 0 fully saturated rings. The van der Waals surface area contributed by atoms with Crippen molar-refractivity contribution >= 4 is 0 Å². The van der Waals surface area contributed by atoms with Crippen molar-refractivity contribution in [1.29, 1.82) is 0 Å². The molecule has 0 aliphatic rings. The van der Waals surface area contributed by atoms with Gasteiger partial charge in [0.15, 0.2) is 0 Å². The third kappa shape index (κ3) is 3.62. The first-order valence-electron chi connectivity index (χ1n) is 5.87. The standard InChI is InChI=1S/C15H20O/c1-4-5-6-7-8-11-14-13(2)10-9-12-15(14)16-3/h9-10,12H,4-5,8,11H2,1-3H3. The first-order valence-corrected chi connectivity index (χ1v) is 5.87. The van der Waals surface area contributed by atoms with E-state index in [1.165, 1.54) is 11.1 Å². The summed E-state index contributed by atoms with van der Waals surface area (Å²) in [6.45, 7) is 4.27. The highest BCUT2D eigenvalue weighted by atomic mass is 16.5. The summed E-state index contributed by atoms with van der Waals surface area (Å²) in [5, 5.41) is 0. The van der Waals surface area contributed by atoms with Crippen molar-refractivity contribution < 1.29 is 4.74 Å². The number of hydrogen-bond donors (Lipinski definition) is 0. The van der Waals surface area contributed by atoms with Crippen LogP contribution in [0.4, 0.5) is 0 Å². The molecule has 0 N–H and O–H groups in total. The third-order valence-corrected chi connectivity index (χ3v) is 2.59. The van der Waals surface area contributed by atoms with Gasteiger partial charge in [-0.1, -0.05) is 19.1 Å².